The number of halogens is 3. The molecule has 0 radical (unpaired) electrons. The first kappa shape index (κ1) is 27.0. The van der Waals surface area contributed by atoms with Gasteiger partial charge in [-0.15, -0.1) is 0 Å². The SMILES string of the molecule is CNC(=O)[C@@H](c1ccccc1)N(c1cccc(C)c1)c1ccccc1CCCc1ccc(C(F)(F)F)cc1. The molecule has 0 aliphatic heterocycles. The van der Waals surface area contributed by atoms with E-state index in [0.29, 0.717) is 12.8 Å². The van der Waals surface area contributed by atoms with Crippen molar-refractivity contribution in [1.29, 1.82) is 0 Å². The highest BCUT2D eigenvalue weighted by molar-refractivity contribution is 5.89. The van der Waals surface area contributed by atoms with Crippen LogP contribution in [0.15, 0.2) is 103 Å². The number of carbonyl (C=O) groups excluding carboxylic acids is 1. The van der Waals surface area contributed by atoms with Crippen LogP contribution >= 0.6 is 0 Å². The van der Waals surface area contributed by atoms with Gasteiger partial charge in [0.15, 0.2) is 0 Å². The minimum atomic E-state index is -4.34. The molecule has 4 aromatic carbocycles. The van der Waals surface area contributed by atoms with Crippen LogP contribution in [0.25, 0.3) is 0 Å². The molecule has 0 spiro atoms. The van der Waals surface area contributed by atoms with Gasteiger partial charge in [-0.25, -0.2) is 0 Å². The second-order valence-electron chi connectivity index (χ2n) is 9.31. The quantitative estimate of drug-likeness (QED) is 0.246. The van der Waals surface area contributed by atoms with Crippen LogP contribution in [-0.4, -0.2) is 13.0 Å². The van der Waals surface area contributed by atoms with Crippen molar-refractivity contribution in [2.75, 3.05) is 11.9 Å². The summed E-state index contributed by atoms with van der Waals surface area (Å²) in [6.07, 6.45) is -2.24. The molecule has 0 unspecified atom stereocenters. The zero-order chi connectivity index (χ0) is 27.1. The van der Waals surface area contributed by atoms with Crippen molar-refractivity contribution in [3.8, 4) is 0 Å². The van der Waals surface area contributed by atoms with E-state index in [1.54, 1.807) is 19.2 Å². The van der Waals surface area contributed by atoms with Gasteiger partial charge in [-0.2, -0.15) is 13.2 Å². The molecule has 0 aromatic heterocycles. The van der Waals surface area contributed by atoms with E-state index < -0.39 is 17.8 Å². The van der Waals surface area contributed by atoms with E-state index >= 15 is 0 Å². The van der Waals surface area contributed by atoms with Crippen LogP contribution in [0, 0.1) is 6.92 Å². The van der Waals surface area contributed by atoms with Crippen LogP contribution in [0.1, 0.15) is 40.3 Å². The maximum Gasteiger partial charge on any atom is 0.416 e. The van der Waals surface area contributed by atoms with Crippen molar-refractivity contribution in [3.63, 3.8) is 0 Å². The zero-order valence-corrected chi connectivity index (χ0v) is 21.5. The normalized spacial score (nSPS) is 12.1. The van der Waals surface area contributed by atoms with Gasteiger partial charge in [0.1, 0.15) is 6.04 Å². The summed E-state index contributed by atoms with van der Waals surface area (Å²) in [5.41, 5.74) is 5.05. The fraction of sp³-hybridized carbons (Fsp3) is 0.219. The number of hydrogen-bond acceptors (Lipinski definition) is 2. The lowest BCUT2D eigenvalue weighted by Crippen LogP contribution is -2.37. The van der Waals surface area contributed by atoms with Crippen molar-refractivity contribution in [3.05, 3.63) is 131 Å². The Hall–Kier alpha value is -4.06. The molecule has 38 heavy (non-hydrogen) atoms. The van der Waals surface area contributed by atoms with Crippen molar-refractivity contribution in [1.82, 2.24) is 5.32 Å². The third kappa shape index (κ3) is 6.43. The molecular weight excluding hydrogens is 485 g/mol. The molecule has 196 valence electrons. The molecule has 0 heterocycles. The number of hydrogen-bond donors (Lipinski definition) is 1. The number of aryl methyl sites for hydroxylation is 3. The fourth-order valence-electron chi connectivity index (χ4n) is 4.70. The second kappa shape index (κ2) is 12.0. The van der Waals surface area contributed by atoms with Crippen molar-refractivity contribution >= 4 is 17.3 Å². The third-order valence-electron chi connectivity index (χ3n) is 6.59. The molecule has 1 N–H and O–H groups in total. The van der Waals surface area contributed by atoms with Crippen LogP contribution in [0.3, 0.4) is 0 Å². The van der Waals surface area contributed by atoms with Crippen molar-refractivity contribution < 1.29 is 18.0 Å². The number of amides is 1. The van der Waals surface area contributed by atoms with Gasteiger partial charge in [-0.05, 0) is 78.8 Å². The van der Waals surface area contributed by atoms with Gasteiger partial charge in [-0.3, -0.25) is 4.79 Å². The van der Waals surface area contributed by atoms with E-state index in [2.05, 4.69) is 22.3 Å². The Bertz CT molecular complexity index is 1350. The lowest BCUT2D eigenvalue weighted by Gasteiger charge is -2.34. The highest BCUT2D eigenvalue weighted by Gasteiger charge is 2.31. The van der Waals surface area contributed by atoms with E-state index in [-0.39, 0.29) is 5.91 Å². The van der Waals surface area contributed by atoms with Gasteiger partial charge in [0, 0.05) is 18.4 Å². The smallest absolute Gasteiger partial charge is 0.357 e. The standard InChI is InChI=1S/C32H31F3N2O/c1-23-10-8-16-28(22-23)37(30(31(38)36-2)26-13-4-3-5-14-26)29-17-7-6-12-25(29)15-9-11-24-18-20-27(21-19-24)32(33,34)35/h3-8,10,12-14,16-22,30H,9,11,15H2,1-2H3,(H,36,38)/t30-/m1/s1. The largest absolute Gasteiger partial charge is 0.416 e. The Morgan fingerprint density at radius 3 is 2.18 bits per heavy atom. The van der Waals surface area contributed by atoms with Gasteiger partial charge in [0.2, 0.25) is 5.91 Å². The monoisotopic (exact) mass is 516 g/mol. The van der Waals surface area contributed by atoms with Gasteiger partial charge in [0.05, 0.1) is 5.56 Å². The highest BCUT2D eigenvalue weighted by Crippen LogP contribution is 2.38. The molecule has 0 aliphatic rings. The molecule has 1 amide bonds. The molecule has 3 nitrogen and oxygen atoms in total. The average Bonchev–Trinajstić information content (AvgIpc) is 2.92. The van der Waals surface area contributed by atoms with Gasteiger partial charge < -0.3 is 10.2 Å². The van der Waals surface area contributed by atoms with Crippen LogP contribution in [0.4, 0.5) is 24.5 Å². The molecule has 0 aliphatic carbocycles. The van der Waals surface area contributed by atoms with Crippen LogP contribution in [0.5, 0.6) is 0 Å². The zero-order valence-electron chi connectivity index (χ0n) is 21.5. The first-order valence-electron chi connectivity index (χ1n) is 12.6. The van der Waals surface area contributed by atoms with Crippen LogP contribution in [0.2, 0.25) is 0 Å². The summed E-state index contributed by atoms with van der Waals surface area (Å²) in [7, 11) is 1.64. The summed E-state index contributed by atoms with van der Waals surface area (Å²) in [4.78, 5) is 15.4. The van der Waals surface area contributed by atoms with Gasteiger partial charge >= 0.3 is 6.18 Å². The summed E-state index contributed by atoms with van der Waals surface area (Å²) in [5.74, 6) is -0.128. The number of alkyl halides is 3. The Morgan fingerprint density at radius 1 is 0.842 bits per heavy atom. The van der Waals surface area contributed by atoms with E-state index in [1.807, 2.05) is 73.7 Å². The summed E-state index contributed by atoms with van der Waals surface area (Å²) < 4.78 is 38.7. The minimum Gasteiger partial charge on any atom is -0.357 e. The van der Waals surface area contributed by atoms with E-state index in [9.17, 15) is 18.0 Å². The Balaban J connectivity index is 1.67. The number of para-hydroxylation sites is 1. The van der Waals surface area contributed by atoms with Gasteiger partial charge in [-0.1, -0.05) is 72.8 Å². The first-order valence-corrected chi connectivity index (χ1v) is 12.6. The third-order valence-corrected chi connectivity index (χ3v) is 6.59. The topological polar surface area (TPSA) is 32.3 Å². The van der Waals surface area contributed by atoms with Crippen molar-refractivity contribution in [2.24, 2.45) is 0 Å². The van der Waals surface area contributed by atoms with E-state index in [1.165, 1.54) is 0 Å². The molecule has 6 heteroatoms. The predicted octanol–water partition coefficient (Wildman–Crippen LogP) is 7.81. The molecule has 0 saturated heterocycles. The molecule has 1 atom stereocenters. The summed E-state index contributed by atoms with van der Waals surface area (Å²) >= 11 is 0. The highest BCUT2D eigenvalue weighted by atomic mass is 19.4. The number of benzene rings is 4. The van der Waals surface area contributed by atoms with Crippen LogP contribution < -0.4 is 10.2 Å². The number of rotatable bonds is 9. The Morgan fingerprint density at radius 2 is 1.53 bits per heavy atom. The van der Waals surface area contributed by atoms with E-state index in [0.717, 1.165) is 52.2 Å². The van der Waals surface area contributed by atoms with E-state index in [4.69, 9.17) is 0 Å². The lowest BCUT2D eigenvalue weighted by atomic mass is 9.97. The molecule has 0 fully saturated rings. The lowest BCUT2D eigenvalue weighted by molar-refractivity contribution is -0.137. The minimum absolute atomic E-state index is 0.128. The fourth-order valence-corrected chi connectivity index (χ4v) is 4.70. The Kier molecular flexibility index (Phi) is 8.52. The number of nitrogens with one attached hydrogen (secondary N) is 1. The summed E-state index contributed by atoms with van der Waals surface area (Å²) in [6.45, 7) is 2.02. The average molecular weight is 517 g/mol. The molecule has 4 aromatic rings. The molecule has 0 saturated carbocycles. The summed E-state index contributed by atoms with van der Waals surface area (Å²) in [6, 6.07) is 30.5. The van der Waals surface area contributed by atoms with Crippen LogP contribution in [-0.2, 0) is 23.8 Å². The summed E-state index contributed by atoms with van der Waals surface area (Å²) in [5, 5.41) is 2.84. The predicted molar refractivity (Wildman–Crippen MR) is 146 cm³/mol. The number of anilines is 2. The first-order chi connectivity index (χ1) is 18.3. The maximum atomic E-state index is 13.4. The van der Waals surface area contributed by atoms with Crippen molar-refractivity contribution in [2.45, 2.75) is 38.4 Å². The number of likely N-dealkylation sites (N-methyl/N-ethyl adjacent to an activating group) is 1. The van der Waals surface area contributed by atoms with Gasteiger partial charge in [0.25, 0.3) is 0 Å². The second-order valence-corrected chi connectivity index (χ2v) is 9.31. The number of carbonyl (C=O) groups is 1. The Labute approximate surface area is 221 Å². The number of nitrogens with zero attached hydrogens (tertiary/aromatic N) is 1. The molecule has 4 rings (SSSR count). The molecular formula is C32H31F3N2O. The maximum absolute atomic E-state index is 13.4. The molecule has 0 bridgehead atoms.